The summed E-state index contributed by atoms with van der Waals surface area (Å²) in [6, 6.07) is 5.86. The summed E-state index contributed by atoms with van der Waals surface area (Å²) in [4.78, 5) is 12.1. The summed E-state index contributed by atoms with van der Waals surface area (Å²) in [6.07, 6.45) is 0. The smallest absolute Gasteiger partial charge is 0.387 e. The first-order valence-corrected chi connectivity index (χ1v) is 6.81. The van der Waals surface area contributed by atoms with E-state index in [1.807, 2.05) is 20.0 Å². The van der Waals surface area contributed by atoms with Gasteiger partial charge in [-0.25, -0.2) is 0 Å². The van der Waals surface area contributed by atoms with Gasteiger partial charge in [-0.05, 0) is 31.2 Å². The van der Waals surface area contributed by atoms with Crippen molar-refractivity contribution in [3.8, 4) is 11.5 Å². The molecule has 0 bridgehead atoms. The Hall–Kier alpha value is -2.64. The molecule has 0 atom stereocenters. The molecule has 6 nitrogen and oxygen atoms in total. The second-order valence-corrected chi connectivity index (χ2v) is 4.83. The fourth-order valence-electron chi connectivity index (χ4n) is 2.00. The van der Waals surface area contributed by atoms with Gasteiger partial charge in [-0.1, -0.05) is 0 Å². The van der Waals surface area contributed by atoms with Crippen LogP contribution in [0.4, 0.5) is 8.78 Å². The second kappa shape index (κ2) is 7.08. The maximum atomic E-state index is 12.3. The third-order valence-electron chi connectivity index (χ3n) is 3.24. The molecule has 0 aliphatic carbocycles. The molecular weight excluding hydrogens is 308 g/mol. The largest absolute Gasteiger partial charge is 0.493 e. The zero-order valence-corrected chi connectivity index (χ0v) is 13.0. The summed E-state index contributed by atoms with van der Waals surface area (Å²) in [5.41, 5.74) is 1.98. The van der Waals surface area contributed by atoms with Crippen LogP contribution in [-0.2, 0) is 13.6 Å². The molecule has 0 saturated carbocycles. The monoisotopic (exact) mass is 325 g/mol. The minimum Gasteiger partial charge on any atom is -0.493 e. The number of carbonyl (C=O) groups excluding carboxylic acids is 1. The molecule has 0 radical (unpaired) electrons. The number of hydrogen-bond acceptors (Lipinski definition) is 4. The van der Waals surface area contributed by atoms with E-state index in [2.05, 4.69) is 15.2 Å². The number of methoxy groups -OCH3 is 1. The maximum Gasteiger partial charge on any atom is 0.387 e. The van der Waals surface area contributed by atoms with E-state index in [0.717, 1.165) is 11.4 Å². The van der Waals surface area contributed by atoms with Gasteiger partial charge in [-0.3, -0.25) is 9.48 Å². The molecule has 23 heavy (non-hydrogen) atoms. The Morgan fingerprint density at radius 1 is 1.35 bits per heavy atom. The summed E-state index contributed by atoms with van der Waals surface area (Å²) in [5.74, 6) is -0.429. The summed E-state index contributed by atoms with van der Waals surface area (Å²) >= 11 is 0. The normalized spacial score (nSPS) is 10.7. The average Bonchev–Trinajstić information content (AvgIpc) is 2.83. The summed E-state index contributed by atoms with van der Waals surface area (Å²) in [5, 5.41) is 6.94. The number of aryl methyl sites for hydroxylation is 2. The fourth-order valence-corrected chi connectivity index (χ4v) is 2.00. The van der Waals surface area contributed by atoms with Crippen LogP contribution in [0.25, 0.3) is 0 Å². The molecule has 1 aromatic carbocycles. The van der Waals surface area contributed by atoms with E-state index >= 15 is 0 Å². The highest BCUT2D eigenvalue weighted by Crippen LogP contribution is 2.29. The van der Waals surface area contributed by atoms with Crippen molar-refractivity contribution in [1.82, 2.24) is 15.1 Å². The highest BCUT2D eigenvalue weighted by molar-refractivity contribution is 5.94. The summed E-state index contributed by atoms with van der Waals surface area (Å²) in [7, 11) is 3.12. The third kappa shape index (κ3) is 4.18. The first kappa shape index (κ1) is 16.7. The number of rotatable bonds is 6. The van der Waals surface area contributed by atoms with Crippen molar-refractivity contribution in [2.45, 2.75) is 20.1 Å². The Morgan fingerprint density at radius 3 is 2.65 bits per heavy atom. The number of nitrogens with zero attached hydrogens (tertiary/aromatic N) is 2. The predicted octanol–water partition coefficient (Wildman–Crippen LogP) is 2.27. The molecule has 8 heteroatoms. The van der Waals surface area contributed by atoms with Crippen LogP contribution < -0.4 is 14.8 Å². The van der Waals surface area contributed by atoms with E-state index in [4.69, 9.17) is 4.74 Å². The zero-order valence-electron chi connectivity index (χ0n) is 13.0. The molecule has 1 heterocycles. The van der Waals surface area contributed by atoms with Gasteiger partial charge in [-0.2, -0.15) is 13.9 Å². The molecule has 124 valence electrons. The van der Waals surface area contributed by atoms with Gasteiger partial charge in [0.25, 0.3) is 5.91 Å². The topological polar surface area (TPSA) is 65.4 Å². The number of hydrogen-bond donors (Lipinski definition) is 1. The summed E-state index contributed by atoms with van der Waals surface area (Å²) in [6.45, 7) is -0.792. The van der Waals surface area contributed by atoms with Crippen molar-refractivity contribution in [3.05, 3.63) is 41.2 Å². The van der Waals surface area contributed by atoms with Crippen molar-refractivity contribution in [2.75, 3.05) is 7.11 Å². The van der Waals surface area contributed by atoms with Crippen LogP contribution in [0, 0.1) is 6.92 Å². The molecule has 0 spiro atoms. The standard InChI is InChI=1S/C15H17F2N3O3/c1-9-6-11(19-20(9)2)8-18-14(21)10-4-5-12(23-15(16)17)13(7-10)22-3/h4-7,15H,8H2,1-3H3,(H,18,21). The van der Waals surface area contributed by atoms with Crippen LogP contribution in [0.15, 0.2) is 24.3 Å². The Bertz CT molecular complexity index is 682. The van der Waals surface area contributed by atoms with Gasteiger partial charge >= 0.3 is 6.61 Å². The lowest BCUT2D eigenvalue weighted by Gasteiger charge is -2.11. The third-order valence-corrected chi connectivity index (χ3v) is 3.24. The first-order chi connectivity index (χ1) is 10.9. The van der Waals surface area contributed by atoms with Gasteiger partial charge in [0.1, 0.15) is 0 Å². The van der Waals surface area contributed by atoms with E-state index < -0.39 is 6.61 Å². The van der Waals surface area contributed by atoms with E-state index in [1.54, 1.807) is 4.68 Å². The number of nitrogens with one attached hydrogen (secondary N) is 1. The Morgan fingerprint density at radius 2 is 2.09 bits per heavy atom. The average molecular weight is 325 g/mol. The molecule has 2 rings (SSSR count). The predicted molar refractivity (Wildman–Crippen MR) is 78.7 cm³/mol. The highest BCUT2D eigenvalue weighted by Gasteiger charge is 2.14. The molecule has 0 aliphatic rings. The van der Waals surface area contributed by atoms with E-state index in [-0.39, 0.29) is 29.5 Å². The first-order valence-electron chi connectivity index (χ1n) is 6.81. The molecule has 2 aromatic rings. The molecule has 0 saturated heterocycles. The number of benzene rings is 1. The molecule has 0 aliphatic heterocycles. The van der Waals surface area contributed by atoms with Crippen molar-refractivity contribution < 1.29 is 23.0 Å². The minimum atomic E-state index is -2.96. The van der Waals surface area contributed by atoms with Gasteiger partial charge in [-0.15, -0.1) is 0 Å². The maximum absolute atomic E-state index is 12.3. The summed E-state index contributed by atoms with van der Waals surface area (Å²) < 4.78 is 35.5. The lowest BCUT2D eigenvalue weighted by Crippen LogP contribution is -2.23. The van der Waals surface area contributed by atoms with Crippen molar-refractivity contribution in [1.29, 1.82) is 0 Å². The zero-order chi connectivity index (χ0) is 17.0. The van der Waals surface area contributed by atoms with Gasteiger partial charge < -0.3 is 14.8 Å². The molecule has 0 unspecified atom stereocenters. The van der Waals surface area contributed by atoms with Crippen LogP contribution in [0.1, 0.15) is 21.7 Å². The van der Waals surface area contributed by atoms with E-state index in [1.165, 1.54) is 25.3 Å². The van der Waals surface area contributed by atoms with Crippen LogP contribution in [0.5, 0.6) is 11.5 Å². The lowest BCUT2D eigenvalue weighted by atomic mass is 10.2. The van der Waals surface area contributed by atoms with Gasteiger partial charge in [0.2, 0.25) is 0 Å². The quantitative estimate of drug-likeness (QED) is 0.885. The molecule has 1 aromatic heterocycles. The van der Waals surface area contributed by atoms with E-state index in [0.29, 0.717) is 0 Å². The lowest BCUT2D eigenvalue weighted by molar-refractivity contribution is -0.0512. The van der Waals surface area contributed by atoms with Crippen LogP contribution in [0.3, 0.4) is 0 Å². The molecule has 1 N–H and O–H groups in total. The van der Waals surface area contributed by atoms with Crippen LogP contribution >= 0.6 is 0 Å². The Balaban J connectivity index is 2.06. The van der Waals surface area contributed by atoms with Crippen LogP contribution in [-0.4, -0.2) is 29.4 Å². The van der Waals surface area contributed by atoms with Crippen molar-refractivity contribution in [3.63, 3.8) is 0 Å². The van der Waals surface area contributed by atoms with E-state index in [9.17, 15) is 13.6 Å². The Labute approximate surface area is 132 Å². The second-order valence-electron chi connectivity index (χ2n) is 4.83. The highest BCUT2D eigenvalue weighted by atomic mass is 19.3. The van der Waals surface area contributed by atoms with Crippen LogP contribution in [0.2, 0.25) is 0 Å². The fraction of sp³-hybridized carbons (Fsp3) is 0.333. The SMILES string of the molecule is COc1cc(C(=O)NCc2cc(C)n(C)n2)ccc1OC(F)F. The van der Waals surface area contributed by atoms with Gasteiger partial charge in [0.15, 0.2) is 11.5 Å². The number of ether oxygens (including phenoxy) is 2. The van der Waals surface area contributed by atoms with Gasteiger partial charge in [0.05, 0.1) is 19.3 Å². The Kier molecular flexibility index (Phi) is 5.15. The number of alkyl halides is 2. The number of halogens is 2. The van der Waals surface area contributed by atoms with Crippen molar-refractivity contribution in [2.24, 2.45) is 7.05 Å². The van der Waals surface area contributed by atoms with Gasteiger partial charge in [0, 0.05) is 18.3 Å². The number of carbonyl (C=O) groups is 1. The number of amides is 1. The van der Waals surface area contributed by atoms with Crippen molar-refractivity contribution >= 4 is 5.91 Å². The molecule has 1 amide bonds. The molecular formula is C15H17F2N3O3. The number of aromatic nitrogens is 2. The molecule has 0 fully saturated rings. The minimum absolute atomic E-state index is 0.0617.